The van der Waals surface area contributed by atoms with Crippen molar-refractivity contribution in [2.75, 3.05) is 26.9 Å². The zero-order valence-corrected chi connectivity index (χ0v) is 12.1. The molecule has 2 rings (SSSR count). The Balaban J connectivity index is 2.50. The van der Waals surface area contributed by atoms with E-state index in [1.54, 1.807) is 13.2 Å². The second-order valence-electron chi connectivity index (χ2n) is 5.46. The first-order chi connectivity index (χ1) is 8.85. The lowest BCUT2D eigenvalue weighted by molar-refractivity contribution is 0.172. The molecular formula is C13H21N5O. The molecule has 19 heavy (non-hydrogen) atoms. The number of methoxy groups -OCH3 is 1. The number of hydrogen-bond acceptors (Lipinski definition) is 5. The first kappa shape index (κ1) is 13.6. The van der Waals surface area contributed by atoms with E-state index in [9.17, 15) is 0 Å². The molecule has 2 heterocycles. The molecule has 0 saturated heterocycles. The topological polar surface area (TPSA) is 69.2 Å². The Morgan fingerprint density at radius 3 is 2.58 bits per heavy atom. The van der Waals surface area contributed by atoms with Gasteiger partial charge in [-0.1, -0.05) is 0 Å². The van der Waals surface area contributed by atoms with Crippen LogP contribution in [0.1, 0.15) is 13.8 Å². The summed E-state index contributed by atoms with van der Waals surface area (Å²) in [6.45, 7) is 5.01. The maximum absolute atomic E-state index is 6.00. The standard InChI is InChI=1S/C13H21N5O/c1-13(2,17(3)4)8-18-11-9(15-12(18)14)6-7-10(16-11)19-5/h6-7H,8H2,1-5H3,(H2,14,15). The van der Waals surface area contributed by atoms with E-state index in [-0.39, 0.29) is 5.54 Å². The molecule has 0 aromatic carbocycles. The largest absolute Gasteiger partial charge is 0.481 e. The second-order valence-corrected chi connectivity index (χ2v) is 5.46. The minimum Gasteiger partial charge on any atom is -0.481 e. The lowest BCUT2D eigenvalue weighted by Crippen LogP contribution is -2.42. The van der Waals surface area contributed by atoms with Crippen molar-refractivity contribution < 1.29 is 4.74 Å². The Labute approximate surface area is 113 Å². The average Bonchev–Trinajstić information content (AvgIpc) is 2.64. The number of hydrogen-bond donors (Lipinski definition) is 1. The van der Waals surface area contributed by atoms with Crippen LogP contribution in [-0.2, 0) is 6.54 Å². The molecule has 0 spiro atoms. The van der Waals surface area contributed by atoms with Crippen molar-refractivity contribution in [2.24, 2.45) is 0 Å². The highest BCUT2D eigenvalue weighted by Gasteiger charge is 2.24. The van der Waals surface area contributed by atoms with E-state index in [1.165, 1.54) is 0 Å². The Morgan fingerprint density at radius 1 is 1.32 bits per heavy atom. The predicted octanol–water partition coefficient (Wildman–Crippen LogP) is 1.36. The number of nitrogen functional groups attached to an aromatic ring is 1. The van der Waals surface area contributed by atoms with Gasteiger partial charge in [0.15, 0.2) is 5.65 Å². The van der Waals surface area contributed by atoms with E-state index < -0.39 is 0 Å². The number of ether oxygens (including phenoxy) is 1. The molecule has 0 aliphatic rings. The van der Waals surface area contributed by atoms with Gasteiger partial charge in [0.1, 0.15) is 5.52 Å². The van der Waals surface area contributed by atoms with Gasteiger partial charge in [0.25, 0.3) is 0 Å². The maximum atomic E-state index is 6.00. The number of nitrogens with two attached hydrogens (primary N) is 1. The fourth-order valence-corrected chi connectivity index (χ4v) is 1.80. The van der Waals surface area contributed by atoms with Crippen LogP contribution in [0.25, 0.3) is 11.2 Å². The van der Waals surface area contributed by atoms with Gasteiger partial charge in [0.05, 0.1) is 7.11 Å². The van der Waals surface area contributed by atoms with Gasteiger partial charge >= 0.3 is 0 Å². The number of likely N-dealkylation sites (N-methyl/N-ethyl adjacent to an activating group) is 1. The van der Waals surface area contributed by atoms with Gasteiger partial charge in [-0.2, -0.15) is 4.98 Å². The third-order valence-corrected chi connectivity index (χ3v) is 3.56. The Kier molecular flexibility index (Phi) is 3.36. The van der Waals surface area contributed by atoms with Crippen LogP contribution in [0, 0.1) is 0 Å². The van der Waals surface area contributed by atoms with Gasteiger partial charge in [-0.05, 0) is 34.0 Å². The predicted molar refractivity (Wildman–Crippen MR) is 76.3 cm³/mol. The minimum absolute atomic E-state index is 0.0491. The molecule has 0 fully saturated rings. The van der Waals surface area contributed by atoms with Gasteiger partial charge in [-0.3, -0.25) is 4.57 Å². The van der Waals surface area contributed by atoms with Crippen molar-refractivity contribution in [1.29, 1.82) is 0 Å². The van der Waals surface area contributed by atoms with E-state index in [0.717, 1.165) is 11.2 Å². The fraction of sp³-hybridized carbons (Fsp3) is 0.538. The van der Waals surface area contributed by atoms with Gasteiger partial charge in [-0.15, -0.1) is 0 Å². The molecule has 0 radical (unpaired) electrons. The monoisotopic (exact) mass is 263 g/mol. The van der Waals surface area contributed by atoms with E-state index in [1.807, 2.05) is 24.7 Å². The highest BCUT2D eigenvalue weighted by atomic mass is 16.5. The third kappa shape index (κ3) is 2.49. The van der Waals surface area contributed by atoms with Crippen LogP contribution >= 0.6 is 0 Å². The molecule has 0 amide bonds. The number of rotatable bonds is 4. The van der Waals surface area contributed by atoms with Crippen molar-refractivity contribution in [3.05, 3.63) is 12.1 Å². The van der Waals surface area contributed by atoms with Gasteiger partial charge < -0.3 is 15.4 Å². The number of pyridine rings is 1. The molecular weight excluding hydrogens is 242 g/mol. The summed E-state index contributed by atoms with van der Waals surface area (Å²) in [6.07, 6.45) is 0. The van der Waals surface area contributed by atoms with E-state index in [2.05, 4.69) is 28.7 Å². The normalized spacial score (nSPS) is 12.3. The summed E-state index contributed by atoms with van der Waals surface area (Å²) in [5.74, 6) is 1.04. The summed E-state index contributed by atoms with van der Waals surface area (Å²) in [7, 11) is 5.69. The Morgan fingerprint density at radius 2 is 2.00 bits per heavy atom. The number of nitrogens with zero attached hydrogens (tertiary/aromatic N) is 4. The molecule has 0 unspecified atom stereocenters. The maximum Gasteiger partial charge on any atom is 0.215 e. The highest BCUT2D eigenvalue weighted by molar-refractivity contribution is 5.74. The number of fused-ring (bicyclic) bond motifs is 1. The van der Waals surface area contributed by atoms with Crippen molar-refractivity contribution in [3.63, 3.8) is 0 Å². The molecule has 0 aliphatic carbocycles. The molecule has 6 heteroatoms. The lowest BCUT2D eigenvalue weighted by atomic mass is 10.0. The van der Waals surface area contributed by atoms with Gasteiger partial charge in [0, 0.05) is 18.2 Å². The molecule has 2 N–H and O–H groups in total. The average molecular weight is 263 g/mol. The third-order valence-electron chi connectivity index (χ3n) is 3.56. The minimum atomic E-state index is -0.0491. The number of imidazole rings is 1. The van der Waals surface area contributed by atoms with Crippen molar-refractivity contribution >= 4 is 17.1 Å². The highest BCUT2D eigenvalue weighted by Crippen LogP contribution is 2.23. The summed E-state index contributed by atoms with van der Waals surface area (Å²) in [5.41, 5.74) is 7.50. The molecule has 0 atom stereocenters. The van der Waals surface area contributed by atoms with E-state index in [0.29, 0.717) is 18.4 Å². The van der Waals surface area contributed by atoms with E-state index >= 15 is 0 Å². The van der Waals surface area contributed by atoms with Crippen LogP contribution in [0.4, 0.5) is 5.95 Å². The fourth-order valence-electron chi connectivity index (χ4n) is 1.80. The second kappa shape index (κ2) is 4.70. The molecule has 6 nitrogen and oxygen atoms in total. The quantitative estimate of drug-likeness (QED) is 0.902. The number of anilines is 1. The molecule has 2 aromatic heterocycles. The first-order valence-corrected chi connectivity index (χ1v) is 6.19. The van der Waals surface area contributed by atoms with Crippen molar-refractivity contribution in [1.82, 2.24) is 19.4 Å². The smallest absolute Gasteiger partial charge is 0.215 e. The Hall–Kier alpha value is -1.82. The zero-order valence-electron chi connectivity index (χ0n) is 12.1. The van der Waals surface area contributed by atoms with Crippen LogP contribution in [-0.4, -0.2) is 46.2 Å². The summed E-state index contributed by atoms with van der Waals surface area (Å²) in [6, 6.07) is 3.66. The van der Waals surface area contributed by atoms with Crippen LogP contribution in [0.2, 0.25) is 0 Å². The zero-order chi connectivity index (χ0) is 14.2. The van der Waals surface area contributed by atoms with Crippen LogP contribution in [0.3, 0.4) is 0 Å². The van der Waals surface area contributed by atoms with Crippen LogP contribution in [0.5, 0.6) is 5.88 Å². The van der Waals surface area contributed by atoms with Crippen LogP contribution in [0.15, 0.2) is 12.1 Å². The van der Waals surface area contributed by atoms with Gasteiger partial charge in [0.2, 0.25) is 11.8 Å². The molecule has 104 valence electrons. The Bertz CT molecular complexity index is 588. The van der Waals surface area contributed by atoms with E-state index in [4.69, 9.17) is 10.5 Å². The molecule has 2 aromatic rings. The van der Waals surface area contributed by atoms with Gasteiger partial charge in [-0.25, -0.2) is 4.98 Å². The van der Waals surface area contributed by atoms with Crippen LogP contribution < -0.4 is 10.5 Å². The summed E-state index contributed by atoms with van der Waals surface area (Å²) in [5, 5.41) is 0. The SMILES string of the molecule is COc1ccc2nc(N)n(CC(C)(C)N(C)C)c2n1. The lowest BCUT2D eigenvalue weighted by Gasteiger charge is -2.33. The summed E-state index contributed by atoms with van der Waals surface area (Å²) >= 11 is 0. The summed E-state index contributed by atoms with van der Waals surface area (Å²) in [4.78, 5) is 10.9. The molecule has 0 aliphatic heterocycles. The summed E-state index contributed by atoms with van der Waals surface area (Å²) < 4.78 is 7.09. The molecule has 0 saturated carbocycles. The number of aromatic nitrogens is 3. The first-order valence-electron chi connectivity index (χ1n) is 6.19. The molecule has 0 bridgehead atoms. The van der Waals surface area contributed by atoms with Crippen molar-refractivity contribution in [3.8, 4) is 5.88 Å². The van der Waals surface area contributed by atoms with Crippen molar-refractivity contribution in [2.45, 2.75) is 25.9 Å².